The molecule has 8 heteroatoms. The van der Waals surface area contributed by atoms with Gasteiger partial charge in [0.1, 0.15) is 11.5 Å². The Balaban J connectivity index is 1.28. The fourth-order valence-corrected chi connectivity index (χ4v) is 3.09. The molecule has 0 aliphatic carbocycles. The minimum absolute atomic E-state index is 0.0717. The van der Waals surface area contributed by atoms with E-state index in [4.69, 9.17) is 14.5 Å². The first-order chi connectivity index (χ1) is 13.6. The number of nitriles is 1. The van der Waals surface area contributed by atoms with E-state index in [1.54, 1.807) is 25.1 Å². The molecule has 28 heavy (non-hydrogen) atoms. The predicted molar refractivity (Wildman–Crippen MR) is 104 cm³/mol. The Bertz CT molecular complexity index is 804. The largest absolute Gasteiger partial charge is 0.494 e. The van der Waals surface area contributed by atoms with Gasteiger partial charge >= 0.3 is 0 Å². The lowest BCUT2D eigenvalue weighted by Crippen LogP contribution is -2.48. The summed E-state index contributed by atoms with van der Waals surface area (Å²) in [5, 5.41) is 15.3. The van der Waals surface area contributed by atoms with Crippen molar-refractivity contribution >= 4 is 11.7 Å². The summed E-state index contributed by atoms with van der Waals surface area (Å²) >= 11 is 0. The zero-order valence-electron chi connectivity index (χ0n) is 16.1. The summed E-state index contributed by atoms with van der Waals surface area (Å²) in [6.07, 6.45) is 0.937. The van der Waals surface area contributed by atoms with E-state index >= 15 is 0 Å². The maximum absolute atomic E-state index is 12.1. The summed E-state index contributed by atoms with van der Waals surface area (Å²) in [7, 11) is 0. The molecule has 2 aromatic rings. The highest BCUT2D eigenvalue weighted by Gasteiger charge is 2.19. The van der Waals surface area contributed by atoms with Gasteiger partial charge < -0.3 is 19.5 Å². The van der Waals surface area contributed by atoms with Crippen LogP contribution < -0.4 is 10.1 Å². The van der Waals surface area contributed by atoms with Crippen LogP contribution in [0.3, 0.4) is 0 Å². The molecule has 0 bridgehead atoms. The number of carbonyl (C=O) groups excluding carboxylic acids is 1. The van der Waals surface area contributed by atoms with Crippen LogP contribution in [0.1, 0.15) is 17.7 Å². The number of nitrogens with zero attached hydrogens (tertiary/aromatic N) is 4. The van der Waals surface area contributed by atoms with Crippen molar-refractivity contribution in [1.29, 1.82) is 5.26 Å². The summed E-state index contributed by atoms with van der Waals surface area (Å²) in [6, 6.07) is 11.0. The number of benzene rings is 1. The molecule has 1 saturated heterocycles. The van der Waals surface area contributed by atoms with Crippen LogP contribution in [0.2, 0.25) is 0 Å². The normalized spacial score (nSPS) is 15.1. The monoisotopic (exact) mass is 383 g/mol. The molecule has 1 aromatic heterocycles. The van der Waals surface area contributed by atoms with Crippen LogP contribution in [-0.4, -0.2) is 66.7 Å². The molecular formula is C20H25N5O3. The number of ether oxygens (including phenoxy) is 1. The lowest BCUT2D eigenvalue weighted by Gasteiger charge is -2.34. The first-order valence-corrected chi connectivity index (χ1v) is 9.43. The second-order valence-corrected chi connectivity index (χ2v) is 6.83. The van der Waals surface area contributed by atoms with Crippen molar-refractivity contribution in [3.8, 4) is 11.8 Å². The molecule has 0 unspecified atom stereocenters. The topological polar surface area (TPSA) is 94.6 Å². The fraction of sp³-hybridized carbons (Fsp3) is 0.450. The van der Waals surface area contributed by atoms with Gasteiger partial charge in [-0.2, -0.15) is 5.26 Å². The highest BCUT2D eigenvalue weighted by atomic mass is 16.5. The second kappa shape index (κ2) is 9.88. The number of amides is 1. The number of rotatable bonds is 8. The molecule has 0 saturated carbocycles. The number of piperazine rings is 1. The molecule has 1 N–H and O–H groups in total. The van der Waals surface area contributed by atoms with E-state index in [0.717, 1.165) is 44.9 Å². The third-order valence-corrected chi connectivity index (χ3v) is 4.60. The van der Waals surface area contributed by atoms with Crippen molar-refractivity contribution in [3.63, 3.8) is 0 Å². The quantitative estimate of drug-likeness (QED) is 0.696. The molecule has 0 spiro atoms. The van der Waals surface area contributed by atoms with Crippen LogP contribution in [0.5, 0.6) is 5.75 Å². The van der Waals surface area contributed by atoms with Crippen LogP contribution in [0.25, 0.3) is 0 Å². The van der Waals surface area contributed by atoms with Crippen molar-refractivity contribution in [3.05, 3.63) is 41.7 Å². The molecule has 1 fully saturated rings. The van der Waals surface area contributed by atoms with Gasteiger partial charge in [0.25, 0.3) is 0 Å². The van der Waals surface area contributed by atoms with Gasteiger partial charge in [-0.15, -0.1) is 0 Å². The molecule has 148 valence electrons. The minimum atomic E-state index is -0.0717. The lowest BCUT2D eigenvalue weighted by molar-refractivity contribution is -0.117. The molecule has 8 nitrogen and oxygen atoms in total. The first-order valence-electron chi connectivity index (χ1n) is 9.43. The number of aromatic nitrogens is 1. The number of hydrogen-bond donors (Lipinski definition) is 1. The lowest BCUT2D eigenvalue weighted by atomic mass is 10.2. The van der Waals surface area contributed by atoms with Gasteiger partial charge in [0.15, 0.2) is 5.82 Å². The van der Waals surface area contributed by atoms with Crippen molar-refractivity contribution in [2.75, 3.05) is 51.2 Å². The fourth-order valence-electron chi connectivity index (χ4n) is 3.09. The zero-order valence-corrected chi connectivity index (χ0v) is 16.1. The van der Waals surface area contributed by atoms with Crippen molar-refractivity contribution in [1.82, 2.24) is 15.0 Å². The van der Waals surface area contributed by atoms with Gasteiger partial charge in [0, 0.05) is 38.8 Å². The summed E-state index contributed by atoms with van der Waals surface area (Å²) < 4.78 is 10.7. The summed E-state index contributed by atoms with van der Waals surface area (Å²) in [6.45, 7) is 7.36. The predicted octanol–water partition coefficient (Wildman–Crippen LogP) is 1.88. The average molecular weight is 383 g/mol. The average Bonchev–Trinajstić information content (AvgIpc) is 3.11. The molecular weight excluding hydrogens is 358 g/mol. The van der Waals surface area contributed by atoms with Gasteiger partial charge in [0.2, 0.25) is 5.91 Å². The highest BCUT2D eigenvalue weighted by Crippen LogP contribution is 2.12. The van der Waals surface area contributed by atoms with Crippen molar-refractivity contribution in [2.45, 2.75) is 13.3 Å². The molecule has 1 aromatic carbocycles. The zero-order chi connectivity index (χ0) is 19.8. The van der Waals surface area contributed by atoms with Crippen LogP contribution in [0, 0.1) is 18.3 Å². The van der Waals surface area contributed by atoms with Gasteiger partial charge in [-0.05, 0) is 37.6 Å². The van der Waals surface area contributed by atoms with E-state index in [9.17, 15) is 4.79 Å². The molecule has 1 aliphatic heterocycles. The Labute approximate surface area is 164 Å². The molecule has 1 amide bonds. The van der Waals surface area contributed by atoms with Gasteiger partial charge in [-0.3, -0.25) is 9.69 Å². The Hall–Kier alpha value is -2.89. The van der Waals surface area contributed by atoms with E-state index < -0.39 is 0 Å². The first kappa shape index (κ1) is 19.9. The molecule has 0 atom stereocenters. The number of nitrogens with one attached hydrogen (secondary N) is 1. The van der Waals surface area contributed by atoms with E-state index in [-0.39, 0.29) is 5.91 Å². The number of hydrogen-bond acceptors (Lipinski definition) is 7. The van der Waals surface area contributed by atoms with Crippen LogP contribution in [0.15, 0.2) is 34.9 Å². The number of aryl methyl sites for hydroxylation is 1. The van der Waals surface area contributed by atoms with E-state index in [0.29, 0.717) is 30.3 Å². The smallest absolute Gasteiger partial charge is 0.239 e. The standard InChI is InChI=1S/C20H25N5O3/c1-16-13-19(23-28-16)22-20(26)15-25-10-8-24(9-11-25)7-2-12-27-18-5-3-17(14-21)4-6-18/h3-6,13H,2,7-12,15H2,1H3,(H,22,23,26). The highest BCUT2D eigenvalue weighted by molar-refractivity contribution is 5.91. The summed E-state index contributed by atoms with van der Waals surface area (Å²) in [4.78, 5) is 16.6. The third-order valence-electron chi connectivity index (χ3n) is 4.60. The Kier molecular flexibility index (Phi) is 7.00. The Morgan fingerprint density at radius 1 is 1.25 bits per heavy atom. The van der Waals surface area contributed by atoms with Crippen molar-refractivity contribution < 1.29 is 14.1 Å². The minimum Gasteiger partial charge on any atom is -0.494 e. The molecule has 1 aliphatic rings. The van der Waals surface area contributed by atoms with Crippen LogP contribution in [0.4, 0.5) is 5.82 Å². The van der Waals surface area contributed by atoms with Crippen LogP contribution in [-0.2, 0) is 4.79 Å². The van der Waals surface area contributed by atoms with E-state index in [1.165, 1.54) is 0 Å². The maximum Gasteiger partial charge on any atom is 0.239 e. The van der Waals surface area contributed by atoms with Gasteiger partial charge in [-0.25, -0.2) is 0 Å². The number of carbonyl (C=O) groups is 1. The van der Waals surface area contributed by atoms with Crippen LogP contribution >= 0.6 is 0 Å². The second-order valence-electron chi connectivity index (χ2n) is 6.83. The van der Waals surface area contributed by atoms with Gasteiger partial charge in [-0.1, -0.05) is 5.16 Å². The molecule has 3 rings (SSSR count). The Morgan fingerprint density at radius 3 is 2.61 bits per heavy atom. The Morgan fingerprint density at radius 2 is 1.96 bits per heavy atom. The van der Waals surface area contributed by atoms with Crippen molar-refractivity contribution in [2.24, 2.45) is 0 Å². The van der Waals surface area contributed by atoms with E-state index in [1.807, 2.05) is 12.1 Å². The molecule has 0 radical (unpaired) electrons. The maximum atomic E-state index is 12.1. The SMILES string of the molecule is Cc1cc(NC(=O)CN2CCN(CCCOc3ccc(C#N)cc3)CC2)no1. The van der Waals surface area contributed by atoms with Gasteiger partial charge in [0.05, 0.1) is 24.8 Å². The summed E-state index contributed by atoms with van der Waals surface area (Å²) in [5.41, 5.74) is 0.634. The summed E-state index contributed by atoms with van der Waals surface area (Å²) in [5.74, 6) is 1.85. The molecule has 2 heterocycles. The third kappa shape index (κ3) is 6.08. The van der Waals surface area contributed by atoms with E-state index in [2.05, 4.69) is 26.3 Å². The number of anilines is 1.